The predicted octanol–water partition coefficient (Wildman–Crippen LogP) is 0.503. The minimum absolute atomic E-state index is 0. The first kappa shape index (κ1) is 17.4. The van der Waals surface area contributed by atoms with Crippen molar-refractivity contribution in [2.24, 2.45) is 0 Å². The molecule has 0 saturated carbocycles. The van der Waals surface area contributed by atoms with Crippen molar-refractivity contribution in [3.05, 3.63) is 60.7 Å². The Kier molecular flexibility index (Phi) is 8.21. The maximum Gasteiger partial charge on any atom is 1.00 e. The smallest absolute Gasteiger partial charge is 0.850 e. The van der Waals surface area contributed by atoms with E-state index in [0.717, 1.165) is 0 Å². The molecule has 0 saturated heterocycles. The summed E-state index contributed by atoms with van der Waals surface area (Å²) < 4.78 is 0. The van der Waals surface area contributed by atoms with Gasteiger partial charge in [-0.15, -0.1) is 5.60 Å². The van der Waals surface area contributed by atoms with Crippen LogP contribution in [0, 0.1) is 0 Å². The third-order valence-electron chi connectivity index (χ3n) is 1.88. The van der Waals surface area contributed by atoms with E-state index in [4.69, 9.17) is 0 Å². The second-order valence-corrected chi connectivity index (χ2v) is 4.84. The molecule has 0 aliphatic carbocycles. The minimum Gasteiger partial charge on any atom is -0.850 e. The fraction of sp³-hybridized carbons (Fsp3) is 0.250. The minimum atomic E-state index is -0.750. The maximum absolute atomic E-state index is 10.1. The van der Waals surface area contributed by atoms with Crippen molar-refractivity contribution in [3.63, 3.8) is 0 Å². The van der Waals surface area contributed by atoms with Crippen molar-refractivity contribution in [1.29, 1.82) is 0 Å². The Balaban J connectivity index is 0.000000421. The molecule has 90 valence electrons. The Bertz CT molecular complexity index is 374. The normalized spacial score (nSPS) is 9.78. The van der Waals surface area contributed by atoms with Crippen LogP contribution >= 0.6 is 0 Å². The summed E-state index contributed by atoms with van der Waals surface area (Å²) in [5.41, 5.74) is 1.80. The van der Waals surface area contributed by atoms with Crippen LogP contribution in [0.3, 0.4) is 0 Å². The second kappa shape index (κ2) is 8.49. The van der Waals surface area contributed by atoms with E-state index in [1.54, 1.807) is 20.8 Å². The van der Waals surface area contributed by atoms with Gasteiger partial charge in [-0.05, 0) is 11.1 Å². The Hall–Kier alpha value is -0.600. The molecule has 0 bridgehead atoms. The maximum atomic E-state index is 10.1. The Labute approximate surface area is 132 Å². The van der Waals surface area contributed by atoms with Gasteiger partial charge in [0.1, 0.15) is 0 Å². The first-order valence-electron chi connectivity index (χ1n) is 5.78. The molecule has 0 fully saturated rings. The van der Waals surface area contributed by atoms with Gasteiger partial charge in [-0.25, -0.2) is 0 Å². The summed E-state index contributed by atoms with van der Waals surface area (Å²) in [6.45, 7) is 4.90. The van der Waals surface area contributed by atoms with Gasteiger partial charge in [0.2, 0.25) is 0 Å². The molecule has 0 heterocycles. The zero-order valence-corrected chi connectivity index (χ0v) is 13.7. The van der Waals surface area contributed by atoms with Gasteiger partial charge < -0.3 is 5.11 Å². The molecular weight excluding hydrogens is 231 g/mol. The van der Waals surface area contributed by atoms with E-state index in [1.165, 1.54) is 11.1 Å². The molecule has 0 N–H and O–H groups in total. The molecule has 2 heteroatoms. The third-order valence-corrected chi connectivity index (χ3v) is 1.88. The fourth-order valence-electron chi connectivity index (χ4n) is 1.26. The van der Waals surface area contributed by atoms with Crippen LogP contribution in [0.1, 0.15) is 20.8 Å². The van der Waals surface area contributed by atoms with Gasteiger partial charge in [0, 0.05) is 0 Å². The van der Waals surface area contributed by atoms with Crippen LogP contribution in [-0.4, -0.2) is 5.60 Å². The number of benzene rings is 2. The van der Waals surface area contributed by atoms with Crippen LogP contribution in [-0.2, 0) is 0 Å². The van der Waals surface area contributed by atoms with Gasteiger partial charge in [-0.1, -0.05) is 81.4 Å². The van der Waals surface area contributed by atoms with E-state index in [0.29, 0.717) is 0 Å². The molecule has 0 atom stereocenters. The van der Waals surface area contributed by atoms with Crippen LogP contribution in [0.5, 0.6) is 0 Å². The predicted molar refractivity (Wildman–Crippen MR) is 71.6 cm³/mol. The van der Waals surface area contributed by atoms with Crippen LogP contribution in [0.25, 0.3) is 11.1 Å². The average molecular weight is 250 g/mol. The summed E-state index contributed by atoms with van der Waals surface area (Å²) >= 11 is 0. The summed E-state index contributed by atoms with van der Waals surface area (Å²) in [7, 11) is 0. The standard InChI is InChI=1S/C12H10.C4H9O.Na/c1-3-7-11(8-4-1)12-9-5-2-6-10-12;1-4(2,3)5;/h1-10H;1-3H3;/q;-1;+1. The molecule has 0 unspecified atom stereocenters. The summed E-state index contributed by atoms with van der Waals surface area (Å²) in [6.07, 6.45) is 0. The van der Waals surface area contributed by atoms with Crippen LogP contribution < -0.4 is 34.7 Å². The quantitative estimate of drug-likeness (QED) is 0.676. The van der Waals surface area contributed by atoms with Crippen LogP contribution in [0.2, 0.25) is 0 Å². The molecular formula is C16H19NaO. The van der Waals surface area contributed by atoms with Gasteiger partial charge in [0.25, 0.3) is 0 Å². The Morgan fingerprint density at radius 1 is 0.667 bits per heavy atom. The molecule has 0 aliphatic heterocycles. The Morgan fingerprint density at radius 2 is 0.889 bits per heavy atom. The van der Waals surface area contributed by atoms with Crippen molar-refractivity contribution in [2.75, 3.05) is 0 Å². The molecule has 0 radical (unpaired) electrons. The molecule has 0 spiro atoms. The second-order valence-electron chi connectivity index (χ2n) is 4.84. The molecule has 18 heavy (non-hydrogen) atoms. The van der Waals surface area contributed by atoms with Crippen LogP contribution in [0.15, 0.2) is 60.7 Å². The van der Waals surface area contributed by atoms with Crippen LogP contribution in [0.4, 0.5) is 0 Å². The Morgan fingerprint density at radius 3 is 1.11 bits per heavy atom. The van der Waals surface area contributed by atoms with Gasteiger partial charge in [0.15, 0.2) is 0 Å². The third kappa shape index (κ3) is 8.48. The van der Waals surface area contributed by atoms with Crippen molar-refractivity contribution < 1.29 is 34.7 Å². The van der Waals surface area contributed by atoms with Crippen molar-refractivity contribution in [2.45, 2.75) is 26.4 Å². The van der Waals surface area contributed by atoms with E-state index in [2.05, 4.69) is 48.5 Å². The van der Waals surface area contributed by atoms with Gasteiger partial charge in [0.05, 0.1) is 0 Å². The molecule has 1 nitrogen and oxygen atoms in total. The van der Waals surface area contributed by atoms with E-state index in [-0.39, 0.29) is 29.6 Å². The summed E-state index contributed by atoms with van der Waals surface area (Å²) in [4.78, 5) is 0. The SMILES string of the molecule is CC(C)(C)[O-].[Na+].c1ccc(-c2ccccc2)cc1. The summed E-state index contributed by atoms with van der Waals surface area (Å²) in [5, 5.41) is 10.1. The van der Waals surface area contributed by atoms with Crippen molar-refractivity contribution >= 4 is 0 Å². The van der Waals surface area contributed by atoms with Gasteiger partial charge in [-0.2, -0.15) is 0 Å². The van der Waals surface area contributed by atoms with E-state index < -0.39 is 5.60 Å². The molecule has 0 aliphatic rings. The first-order chi connectivity index (χ1) is 7.97. The largest absolute Gasteiger partial charge is 1.00 e. The molecule has 0 aromatic heterocycles. The summed E-state index contributed by atoms with van der Waals surface area (Å²) in [5.74, 6) is 0. The topological polar surface area (TPSA) is 23.1 Å². The number of rotatable bonds is 1. The van der Waals surface area contributed by atoms with Gasteiger partial charge >= 0.3 is 29.6 Å². The number of hydrogen-bond acceptors (Lipinski definition) is 1. The van der Waals surface area contributed by atoms with Crippen molar-refractivity contribution in [3.8, 4) is 11.1 Å². The molecule has 0 amide bonds. The zero-order valence-electron chi connectivity index (χ0n) is 11.7. The van der Waals surface area contributed by atoms with E-state index in [9.17, 15) is 5.11 Å². The van der Waals surface area contributed by atoms with E-state index in [1.807, 2.05) is 12.1 Å². The number of hydrogen-bond donors (Lipinski definition) is 0. The molecule has 2 aromatic rings. The average Bonchev–Trinajstić information content (AvgIpc) is 2.29. The monoisotopic (exact) mass is 250 g/mol. The van der Waals surface area contributed by atoms with Gasteiger partial charge in [-0.3, -0.25) is 0 Å². The first-order valence-corrected chi connectivity index (χ1v) is 5.78. The van der Waals surface area contributed by atoms with Crippen molar-refractivity contribution in [1.82, 2.24) is 0 Å². The summed E-state index contributed by atoms with van der Waals surface area (Å²) in [6, 6.07) is 20.8. The fourth-order valence-corrected chi connectivity index (χ4v) is 1.26. The molecule has 2 rings (SSSR count). The molecule has 2 aromatic carbocycles. The zero-order chi connectivity index (χ0) is 12.7. The van der Waals surface area contributed by atoms with E-state index >= 15 is 0 Å².